The fourth-order valence-corrected chi connectivity index (χ4v) is 10.1. The van der Waals surface area contributed by atoms with Crippen LogP contribution in [-0.4, -0.2) is 0 Å². The van der Waals surface area contributed by atoms with Gasteiger partial charge in [-0.25, -0.2) is 0 Å². The van der Waals surface area contributed by atoms with E-state index in [4.69, 9.17) is 0 Å². The van der Waals surface area contributed by atoms with Crippen LogP contribution in [0.4, 0.5) is 0 Å². The zero-order chi connectivity index (χ0) is 32.1. The molecule has 0 aliphatic heterocycles. The van der Waals surface area contributed by atoms with Crippen molar-refractivity contribution in [3.63, 3.8) is 0 Å². The van der Waals surface area contributed by atoms with Gasteiger partial charge in [-0.3, -0.25) is 0 Å². The van der Waals surface area contributed by atoms with E-state index in [1.165, 1.54) is 98.7 Å². The lowest BCUT2D eigenvalue weighted by atomic mass is 9.70. The zero-order valence-electron chi connectivity index (χ0n) is 26.6. The molecule has 2 aliphatic rings. The first-order valence-electron chi connectivity index (χ1n) is 16.5. The number of hydrogen-bond donors (Lipinski definition) is 0. The number of hydrogen-bond acceptors (Lipinski definition) is 2. The highest BCUT2D eigenvalue weighted by atomic mass is 32.1. The molecule has 8 aromatic rings. The van der Waals surface area contributed by atoms with E-state index in [9.17, 15) is 5.26 Å². The zero-order valence-corrected chi connectivity index (χ0v) is 27.5. The number of fused-ring (bicyclic) bond motifs is 12. The minimum Gasteiger partial charge on any atom is -0.192 e. The summed E-state index contributed by atoms with van der Waals surface area (Å²) in [6, 6.07) is 54.1. The molecule has 10 rings (SSSR count). The Labute approximate surface area is 284 Å². The van der Waals surface area contributed by atoms with Crippen molar-refractivity contribution >= 4 is 32.9 Å². The monoisotopic (exact) mass is 627 g/mol. The molecule has 1 nitrogen and oxygen atoms in total. The summed E-state index contributed by atoms with van der Waals surface area (Å²) in [7, 11) is 0. The molecule has 48 heavy (non-hydrogen) atoms. The lowest BCUT2D eigenvalue weighted by Crippen LogP contribution is -2.25. The van der Waals surface area contributed by atoms with Gasteiger partial charge in [0.2, 0.25) is 0 Å². The summed E-state index contributed by atoms with van der Waals surface area (Å²) in [5.41, 5.74) is 16.0. The predicted molar refractivity (Wildman–Crippen MR) is 201 cm³/mol. The Morgan fingerprint density at radius 2 is 1.00 bits per heavy atom. The van der Waals surface area contributed by atoms with Gasteiger partial charge >= 0.3 is 0 Å². The minimum atomic E-state index is -0.482. The second-order valence-electron chi connectivity index (χ2n) is 13.3. The van der Waals surface area contributed by atoms with Crippen LogP contribution in [0.25, 0.3) is 65.4 Å². The van der Waals surface area contributed by atoms with Gasteiger partial charge in [0.1, 0.15) is 10.9 Å². The summed E-state index contributed by atoms with van der Waals surface area (Å²) >= 11 is 1.62. The first-order valence-corrected chi connectivity index (χ1v) is 17.3. The molecule has 224 valence electrons. The molecule has 1 heterocycles. The van der Waals surface area contributed by atoms with Crippen LogP contribution in [0.3, 0.4) is 0 Å². The van der Waals surface area contributed by atoms with Crippen LogP contribution in [0.1, 0.15) is 38.3 Å². The largest absolute Gasteiger partial charge is 0.192 e. The van der Waals surface area contributed by atoms with Crippen LogP contribution in [0, 0.1) is 25.2 Å². The molecule has 1 atom stereocenters. The number of rotatable bonds is 2. The highest BCUT2D eigenvalue weighted by Gasteiger charge is 2.53. The minimum absolute atomic E-state index is 0.482. The van der Waals surface area contributed by atoms with E-state index in [0.29, 0.717) is 0 Å². The highest BCUT2D eigenvalue weighted by molar-refractivity contribution is 7.16. The van der Waals surface area contributed by atoms with Gasteiger partial charge in [0.15, 0.2) is 0 Å². The number of nitrogens with zero attached hydrogens (tertiary/aromatic N) is 1. The van der Waals surface area contributed by atoms with Crippen LogP contribution in [0.5, 0.6) is 0 Å². The van der Waals surface area contributed by atoms with E-state index >= 15 is 0 Å². The molecule has 0 saturated heterocycles. The van der Waals surface area contributed by atoms with Crippen LogP contribution < -0.4 is 0 Å². The van der Waals surface area contributed by atoms with Crippen molar-refractivity contribution in [2.45, 2.75) is 19.3 Å². The maximum absolute atomic E-state index is 10.1. The molecule has 0 bridgehead atoms. The van der Waals surface area contributed by atoms with E-state index in [-0.39, 0.29) is 0 Å². The Morgan fingerprint density at radius 1 is 0.479 bits per heavy atom. The predicted octanol–water partition coefficient (Wildman–Crippen LogP) is 12.2. The summed E-state index contributed by atoms with van der Waals surface area (Å²) in [5.74, 6) is 0. The SMILES string of the molecule is Cc1cc(C)cc(-c2c3ccccc3c(-c3cccc4c3-c3ccccc3C43c4ccccc4-c4sc(C#N)cc43)c3ccccc23)c1. The van der Waals surface area contributed by atoms with Crippen molar-refractivity contribution in [2.24, 2.45) is 0 Å². The molecule has 2 aliphatic carbocycles. The Morgan fingerprint density at radius 3 is 1.65 bits per heavy atom. The maximum Gasteiger partial charge on any atom is 0.110 e. The molecule has 1 aromatic heterocycles. The molecular formula is C46H29NS. The van der Waals surface area contributed by atoms with Crippen molar-refractivity contribution in [1.29, 1.82) is 5.26 Å². The molecule has 1 unspecified atom stereocenters. The van der Waals surface area contributed by atoms with Crippen LogP contribution in [0.15, 0.2) is 140 Å². The molecule has 0 radical (unpaired) electrons. The van der Waals surface area contributed by atoms with Gasteiger partial charge in [-0.15, -0.1) is 11.3 Å². The molecule has 1 spiro atoms. The molecule has 0 N–H and O–H groups in total. The second-order valence-corrected chi connectivity index (χ2v) is 14.3. The van der Waals surface area contributed by atoms with Crippen molar-refractivity contribution in [2.75, 3.05) is 0 Å². The average Bonchev–Trinajstić information content (AvgIpc) is 3.76. The summed E-state index contributed by atoms with van der Waals surface area (Å²) in [4.78, 5) is 1.97. The van der Waals surface area contributed by atoms with Crippen molar-refractivity contribution in [3.8, 4) is 49.9 Å². The van der Waals surface area contributed by atoms with E-state index in [2.05, 4.69) is 159 Å². The fourth-order valence-electron chi connectivity index (χ4n) is 9.04. The molecule has 0 amide bonds. The standard InChI is InChI=1S/C46H29NS/c1-27-22-28(2)24-29(23-27)42-31-12-3-5-14-33(31)43(34-15-6-4-13-32(34)42)37-18-11-21-40-44(37)35-16-7-9-19-38(35)46(40)39-20-10-8-17-36(39)45-41(46)25-30(26-47)48-45/h3-25H,1-2H3. The molecule has 2 heteroatoms. The Balaban J connectivity index is 1.36. The average molecular weight is 628 g/mol. The number of benzene rings is 7. The van der Waals surface area contributed by atoms with Gasteiger partial charge < -0.3 is 0 Å². The topological polar surface area (TPSA) is 23.8 Å². The fraction of sp³-hybridized carbons (Fsp3) is 0.0652. The van der Waals surface area contributed by atoms with Crippen LogP contribution >= 0.6 is 11.3 Å². The lowest BCUT2D eigenvalue weighted by molar-refractivity contribution is 0.795. The Bertz CT molecular complexity index is 2640. The summed E-state index contributed by atoms with van der Waals surface area (Å²) in [6.45, 7) is 4.38. The maximum atomic E-state index is 10.1. The first kappa shape index (κ1) is 27.4. The third-order valence-corrected chi connectivity index (χ3v) is 11.7. The van der Waals surface area contributed by atoms with E-state index < -0.39 is 5.41 Å². The van der Waals surface area contributed by atoms with Gasteiger partial charge in [0, 0.05) is 4.88 Å². The highest BCUT2D eigenvalue weighted by Crippen LogP contribution is 2.65. The van der Waals surface area contributed by atoms with E-state index in [1.54, 1.807) is 11.3 Å². The summed E-state index contributed by atoms with van der Waals surface area (Å²) in [5, 5.41) is 15.1. The molecule has 7 aromatic carbocycles. The Hall–Kier alpha value is -5.75. The van der Waals surface area contributed by atoms with Crippen molar-refractivity contribution < 1.29 is 0 Å². The first-order chi connectivity index (χ1) is 23.6. The lowest BCUT2D eigenvalue weighted by Gasteiger charge is -2.30. The third-order valence-electron chi connectivity index (χ3n) is 10.6. The van der Waals surface area contributed by atoms with Crippen molar-refractivity contribution in [3.05, 3.63) is 178 Å². The van der Waals surface area contributed by atoms with Crippen molar-refractivity contribution in [1.82, 2.24) is 0 Å². The van der Waals surface area contributed by atoms with E-state index in [1.807, 2.05) is 0 Å². The summed E-state index contributed by atoms with van der Waals surface area (Å²) in [6.07, 6.45) is 0. The van der Waals surface area contributed by atoms with Gasteiger partial charge in [0.25, 0.3) is 0 Å². The van der Waals surface area contributed by atoms with Gasteiger partial charge in [-0.2, -0.15) is 5.26 Å². The molecular weight excluding hydrogens is 599 g/mol. The number of thiophene rings is 1. The normalized spacial score (nSPS) is 15.4. The Kier molecular flexibility index (Phi) is 5.63. The smallest absolute Gasteiger partial charge is 0.110 e. The van der Waals surface area contributed by atoms with Crippen LogP contribution in [-0.2, 0) is 5.41 Å². The number of aryl methyl sites for hydroxylation is 2. The van der Waals surface area contributed by atoms with Gasteiger partial charge in [-0.05, 0) is 103 Å². The summed E-state index contributed by atoms with van der Waals surface area (Å²) < 4.78 is 0. The molecule has 0 fully saturated rings. The van der Waals surface area contributed by atoms with E-state index in [0.717, 1.165) is 4.88 Å². The van der Waals surface area contributed by atoms with Gasteiger partial charge in [-0.1, -0.05) is 145 Å². The molecule has 0 saturated carbocycles. The van der Waals surface area contributed by atoms with Crippen LogP contribution in [0.2, 0.25) is 0 Å². The third kappa shape index (κ3) is 3.44. The van der Waals surface area contributed by atoms with Gasteiger partial charge in [0.05, 0.1) is 5.41 Å². The quantitative estimate of drug-likeness (QED) is 0.175. The number of nitriles is 1. The second kappa shape index (κ2) is 9.88.